The normalized spacial score (nSPS) is 13.2. The van der Waals surface area contributed by atoms with Gasteiger partial charge in [0.1, 0.15) is 0 Å². The van der Waals surface area contributed by atoms with Crippen LogP contribution in [0.2, 0.25) is 19.6 Å². The summed E-state index contributed by atoms with van der Waals surface area (Å²) in [5.41, 5.74) is 16.6. The molecule has 0 spiro atoms. The monoisotopic (exact) mass is 1040 g/mol. The van der Waals surface area contributed by atoms with Gasteiger partial charge in [0.05, 0.1) is 31.9 Å². The number of hydrogen-bond acceptors (Lipinski definition) is 2. The number of thiophene rings is 1. The average molecular weight is 1040 g/mol. The molecule has 0 atom stereocenters. The molecule has 1 aliphatic rings. The average Bonchev–Trinajstić information content (AvgIpc) is 3.62. The summed E-state index contributed by atoms with van der Waals surface area (Å²) in [5, 5.41) is 4.10. The molecule has 1 radical (unpaired) electrons. The summed E-state index contributed by atoms with van der Waals surface area (Å²) >= 11 is 1.88. The molecule has 1 saturated carbocycles. The van der Waals surface area contributed by atoms with Crippen LogP contribution in [0.1, 0.15) is 91.4 Å². The van der Waals surface area contributed by atoms with Crippen molar-refractivity contribution in [1.82, 2.24) is 4.98 Å². The van der Waals surface area contributed by atoms with Gasteiger partial charge < -0.3 is 9.13 Å². The summed E-state index contributed by atoms with van der Waals surface area (Å²) in [6.45, 7) is 24.6. The van der Waals surface area contributed by atoms with Crippen molar-refractivity contribution in [3.63, 3.8) is 0 Å². The second-order valence-electron chi connectivity index (χ2n) is 18.7. The molecule has 0 bridgehead atoms. The minimum Gasteiger partial charge on any atom is -0.343 e. The van der Waals surface area contributed by atoms with E-state index in [2.05, 4.69) is 188 Å². The summed E-state index contributed by atoms with van der Waals surface area (Å²) in [6.07, 6.45) is 11.0. The van der Waals surface area contributed by atoms with E-state index in [0.29, 0.717) is 11.8 Å². The minimum absolute atomic E-state index is 0. The maximum absolute atomic E-state index is 4.49. The van der Waals surface area contributed by atoms with Crippen LogP contribution in [0.5, 0.6) is 0 Å². The maximum Gasteiger partial charge on any atom is 0.0709 e. The predicted molar refractivity (Wildman–Crippen MR) is 268 cm³/mol. The number of nitrogens with zero attached hydrogens (tertiary/aromatic N) is 3. The van der Waals surface area contributed by atoms with Gasteiger partial charge in [-0.05, 0) is 94.1 Å². The third-order valence-corrected chi connectivity index (χ3v) is 15.9. The fourth-order valence-corrected chi connectivity index (χ4v) is 12.5. The third kappa shape index (κ3) is 9.71. The van der Waals surface area contributed by atoms with E-state index in [9.17, 15) is 0 Å². The number of fused-ring (bicyclic) bond motifs is 3. The molecule has 63 heavy (non-hydrogen) atoms. The molecule has 0 N–H and O–H groups in total. The second-order valence-corrected chi connectivity index (χ2v) is 24.8. The zero-order valence-corrected chi connectivity index (χ0v) is 42.4. The SMILES string of the molecule is [CH2-]c1cc(-c2cc(C)nc(C)c2)ccc1-c1cc(C(C)C)c([Si](C)(C)C)c[n+]1[CH2-].[CH2-]c1ccc2c(sc3cc(-c4ccccc4)ccc32)c1-c1cc(C2CCCCC2)cc[n+]1[CH2-].[Ir]. The molecule has 0 unspecified atom stereocenters. The molecule has 4 aromatic carbocycles. The first-order chi connectivity index (χ1) is 29.7. The Labute approximate surface area is 395 Å². The van der Waals surface area contributed by atoms with Crippen LogP contribution in [0.4, 0.5) is 0 Å². The number of rotatable bonds is 7. The van der Waals surface area contributed by atoms with E-state index in [1.165, 1.54) is 102 Å². The van der Waals surface area contributed by atoms with Gasteiger partial charge in [-0.2, -0.15) is 37.1 Å². The van der Waals surface area contributed by atoms with Crippen LogP contribution in [0.3, 0.4) is 0 Å². The second kappa shape index (κ2) is 18.9. The molecule has 6 heteroatoms. The zero-order valence-electron chi connectivity index (χ0n) is 38.1. The number of pyridine rings is 3. The van der Waals surface area contributed by atoms with Gasteiger partial charge in [0.25, 0.3) is 0 Å². The van der Waals surface area contributed by atoms with Gasteiger partial charge >= 0.3 is 0 Å². The Morgan fingerprint density at radius 3 is 2.00 bits per heavy atom. The van der Waals surface area contributed by atoms with Crippen molar-refractivity contribution in [2.45, 2.75) is 91.3 Å². The van der Waals surface area contributed by atoms with Gasteiger partial charge in [0, 0.05) is 50.3 Å². The van der Waals surface area contributed by atoms with Crippen molar-refractivity contribution >= 4 is 44.8 Å². The Balaban J connectivity index is 0.000000188. The third-order valence-electron chi connectivity index (χ3n) is 12.7. The molecule has 3 nitrogen and oxygen atoms in total. The van der Waals surface area contributed by atoms with Crippen LogP contribution in [0.25, 0.3) is 64.9 Å². The molecule has 4 aromatic heterocycles. The van der Waals surface area contributed by atoms with Gasteiger partial charge in [-0.1, -0.05) is 142 Å². The van der Waals surface area contributed by atoms with Crippen LogP contribution in [-0.2, 0) is 20.1 Å². The van der Waals surface area contributed by atoms with Gasteiger partial charge in [0.2, 0.25) is 0 Å². The summed E-state index contributed by atoms with van der Waals surface area (Å²) < 4.78 is 6.68. The molecule has 0 amide bonds. The van der Waals surface area contributed by atoms with E-state index in [1.807, 2.05) is 34.3 Å². The number of hydrogen-bond donors (Lipinski definition) is 0. The molecular formula is C57H61IrN3SSi-2. The van der Waals surface area contributed by atoms with Crippen LogP contribution in [-0.4, -0.2) is 13.1 Å². The summed E-state index contributed by atoms with van der Waals surface area (Å²) in [6, 6.07) is 39.6. The van der Waals surface area contributed by atoms with E-state index in [0.717, 1.165) is 33.8 Å². The van der Waals surface area contributed by atoms with Gasteiger partial charge in [-0.15, -0.1) is 29.0 Å². The van der Waals surface area contributed by atoms with Crippen molar-refractivity contribution in [3.8, 4) is 44.8 Å². The smallest absolute Gasteiger partial charge is 0.0709 e. The van der Waals surface area contributed by atoms with E-state index in [4.69, 9.17) is 0 Å². The minimum atomic E-state index is -1.46. The summed E-state index contributed by atoms with van der Waals surface area (Å²) in [4.78, 5) is 4.49. The Morgan fingerprint density at radius 2 is 1.33 bits per heavy atom. The molecule has 1 aliphatic carbocycles. The quantitative estimate of drug-likeness (QED) is 0.0885. The van der Waals surface area contributed by atoms with Crippen molar-refractivity contribution in [3.05, 3.63) is 183 Å². The van der Waals surface area contributed by atoms with Crippen molar-refractivity contribution < 1.29 is 29.2 Å². The van der Waals surface area contributed by atoms with E-state index >= 15 is 0 Å². The van der Waals surface area contributed by atoms with Crippen LogP contribution >= 0.6 is 11.3 Å². The first-order valence-electron chi connectivity index (χ1n) is 22.2. The fraction of sp³-hybridized carbons (Fsp3) is 0.246. The molecule has 9 rings (SSSR count). The molecular weight excluding hydrogens is 979 g/mol. The summed E-state index contributed by atoms with van der Waals surface area (Å²) in [7, 11) is 7.20. The van der Waals surface area contributed by atoms with Gasteiger partial charge in [-0.3, -0.25) is 4.98 Å². The maximum atomic E-state index is 4.49. The molecule has 0 saturated heterocycles. The number of aromatic nitrogens is 3. The number of aryl methyl sites for hydroxylation is 2. The predicted octanol–water partition coefficient (Wildman–Crippen LogP) is 14.4. The Morgan fingerprint density at radius 1 is 0.667 bits per heavy atom. The molecule has 1 fully saturated rings. The first-order valence-corrected chi connectivity index (χ1v) is 26.5. The van der Waals surface area contributed by atoms with E-state index in [-0.39, 0.29) is 20.1 Å². The van der Waals surface area contributed by atoms with E-state index < -0.39 is 8.07 Å². The molecule has 0 aliphatic heterocycles. The van der Waals surface area contributed by atoms with Crippen molar-refractivity contribution in [1.29, 1.82) is 0 Å². The molecule has 4 heterocycles. The van der Waals surface area contributed by atoms with Crippen molar-refractivity contribution in [2.75, 3.05) is 0 Å². The number of benzene rings is 4. The van der Waals surface area contributed by atoms with Crippen molar-refractivity contribution in [2.24, 2.45) is 0 Å². The topological polar surface area (TPSA) is 20.6 Å². The van der Waals surface area contributed by atoms with Crippen LogP contribution < -0.4 is 14.3 Å². The van der Waals surface area contributed by atoms with Gasteiger partial charge in [-0.25, -0.2) is 0 Å². The first kappa shape index (κ1) is 45.9. The van der Waals surface area contributed by atoms with Crippen LogP contribution in [0, 0.1) is 41.8 Å². The van der Waals surface area contributed by atoms with Crippen LogP contribution in [0.15, 0.2) is 122 Å². The standard InChI is InChI=1S/C31H28NS.C26H33N2Si.Ir/c1-21-13-15-27-26-16-14-24(22-9-5-3-6-10-22)20-29(26)33-31(27)30(21)28-19-25(17-18-32(28)2)23-11-7-4-8-12-23;1-17(2)24-15-25(28(6)16-26(24)29(7,8)9)23-11-10-21(12-18(23)3)22-13-19(4)27-20(5)14-22;/h3,5-6,9-10,13-20,23H,1-2,4,7-8,11-12H2;10-17H,3,6H2,1-2,4-5,7-9H3;/q2*-1;. The molecule has 325 valence electrons. The molecule has 8 aromatic rings. The largest absolute Gasteiger partial charge is 0.343 e. The summed E-state index contributed by atoms with van der Waals surface area (Å²) in [5.74, 6) is 1.15. The Hall–Kier alpha value is -5.10. The zero-order chi connectivity index (χ0) is 43.9. The Kier molecular flexibility index (Phi) is 13.8. The van der Waals surface area contributed by atoms with E-state index in [1.54, 1.807) is 0 Å². The fourth-order valence-electron chi connectivity index (χ4n) is 9.39. The van der Waals surface area contributed by atoms with Gasteiger partial charge in [0.15, 0.2) is 0 Å². The Bertz CT molecular complexity index is 2900.